The van der Waals surface area contributed by atoms with Gasteiger partial charge in [0.2, 0.25) is 0 Å². The molecule has 2 saturated carbocycles. The van der Waals surface area contributed by atoms with Gasteiger partial charge in [-0.2, -0.15) is 0 Å². The Labute approximate surface area is 151 Å². The highest BCUT2D eigenvalue weighted by molar-refractivity contribution is 5.45. The summed E-state index contributed by atoms with van der Waals surface area (Å²) in [4.78, 5) is 2.87. The van der Waals surface area contributed by atoms with Crippen LogP contribution in [0.2, 0.25) is 0 Å². The molecule has 2 bridgehead atoms. The molecule has 1 aliphatic heterocycles. The number of nitrogens with zero attached hydrogens (tertiary/aromatic N) is 1. The van der Waals surface area contributed by atoms with E-state index in [4.69, 9.17) is 11.2 Å². The molecule has 0 amide bonds. The topological polar surface area (TPSA) is 12.5 Å². The zero-order valence-corrected chi connectivity index (χ0v) is 15.2. The summed E-state index contributed by atoms with van der Waals surface area (Å²) in [5.74, 6) is 5.41. The van der Waals surface area contributed by atoms with Crippen LogP contribution in [0.5, 0.6) is 5.75 Å². The zero-order valence-electron chi connectivity index (χ0n) is 15.2. The third-order valence-corrected chi connectivity index (χ3v) is 7.43. The van der Waals surface area contributed by atoms with E-state index < -0.39 is 0 Å². The largest absolute Gasteiger partial charge is 0.481 e. The molecule has 0 spiro atoms. The predicted molar refractivity (Wildman–Crippen MR) is 101 cm³/mol. The molecule has 1 aromatic rings. The number of piperidine rings is 1. The van der Waals surface area contributed by atoms with Gasteiger partial charge < -0.3 is 4.74 Å². The van der Waals surface area contributed by atoms with Crippen LogP contribution in [0.15, 0.2) is 18.2 Å². The molecule has 1 heterocycles. The number of likely N-dealkylation sites (tertiary alicyclic amines) is 1. The van der Waals surface area contributed by atoms with Gasteiger partial charge in [0.25, 0.3) is 0 Å². The lowest BCUT2D eigenvalue weighted by Gasteiger charge is -2.59. The van der Waals surface area contributed by atoms with Crippen LogP contribution in [0, 0.1) is 24.2 Å². The Hall–Kier alpha value is -1.46. The summed E-state index contributed by atoms with van der Waals surface area (Å²) in [5, 5.41) is 0. The molecule has 5 rings (SSSR count). The highest BCUT2D eigenvalue weighted by atomic mass is 16.5. The van der Waals surface area contributed by atoms with E-state index in [2.05, 4.69) is 29.0 Å². The van der Waals surface area contributed by atoms with Gasteiger partial charge in [0.15, 0.2) is 0 Å². The summed E-state index contributed by atoms with van der Waals surface area (Å²) in [6, 6.07) is 7.59. The number of fused-ring (bicyclic) bond motifs is 1. The first-order chi connectivity index (χ1) is 12.3. The fraction of sp³-hybridized carbons (Fsp3) is 0.652. The molecule has 4 aliphatic rings. The highest BCUT2D eigenvalue weighted by Gasteiger charge is 2.54. The first-order valence-corrected chi connectivity index (χ1v) is 10.2. The molecule has 2 heteroatoms. The van der Waals surface area contributed by atoms with Gasteiger partial charge in [0, 0.05) is 18.0 Å². The van der Waals surface area contributed by atoms with E-state index in [0.717, 1.165) is 23.6 Å². The van der Waals surface area contributed by atoms with Gasteiger partial charge in [-0.05, 0) is 80.2 Å². The zero-order chi connectivity index (χ0) is 16.9. The number of benzene rings is 1. The molecule has 3 atom stereocenters. The minimum atomic E-state index is 0.368. The predicted octanol–water partition coefficient (Wildman–Crippen LogP) is 4.17. The average Bonchev–Trinajstić information content (AvgIpc) is 3.46. The molecule has 3 aliphatic carbocycles. The normalized spacial score (nSPS) is 33.9. The van der Waals surface area contributed by atoms with Gasteiger partial charge in [0.05, 0.1) is 0 Å². The molecular weight excluding hydrogens is 306 g/mol. The quantitative estimate of drug-likeness (QED) is 0.766. The van der Waals surface area contributed by atoms with E-state index in [9.17, 15) is 0 Å². The monoisotopic (exact) mass is 335 g/mol. The Kier molecular flexibility index (Phi) is 3.82. The van der Waals surface area contributed by atoms with E-state index in [0.29, 0.717) is 12.0 Å². The van der Waals surface area contributed by atoms with Crippen LogP contribution in [0.4, 0.5) is 0 Å². The smallest absolute Gasteiger partial charge is 0.148 e. The van der Waals surface area contributed by atoms with E-state index in [1.165, 1.54) is 64.5 Å². The molecule has 2 nitrogen and oxygen atoms in total. The summed E-state index contributed by atoms with van der Waals surface area (Å²) in [6.07, 6.45) is 16.5. The Morgan fingerprint density at radius 2 is 2.12 bits per heavy atom. The third kappa shape index (κ3) is 2.59. The maximum atomic E-state index is 5.77. The second-order valence-electron chi connectivity index (χ2n) is 8.78. The molecule has 25 heavy (non-hydrogen) atoms. The lowest BCUT2D eigenvalue weighted by atomic mass is 9.52. The van der Waals surface area contributed by atoms with Crippen LogP contribution in [0.25, 0.3) is 0 Å². The van der Waals surface area contributed by atoms with Crippen LogP contribution in [-0.2, 0) is 11.8 Å². The van der Waals surface area contributed by atoms with Crippen LogP contribution in [0.1, 0.15) is 56.1 Å². The van der Waals surface area contributed by atoms with E-state index in [1.54, 1.807) is 11.1 Å². The fourth-order valence-corrected chi connectivity index (χ4v) is 6.14. The van der Waals surface area contributed by atoms with Gasteiger partial charge in [-0.1, -0.05) is 24.8 Å². The number of hydrogen-bond acceptors (Lipinski definition) is 2. The van der Waals surface area contributed by atoms with Crippen LogP contribution >= 0.6 is 0 Å². The van der Waals surface area contributed by atoms with Crippen molar-refractivity contribution < 1.29 is 4.74 Å². The van der Waals surface area contributed by atoms with Crippen molar-refractivity contribution in [1.29, 1.82) is 0 Å². The maximum absolute atomic E-state index is 5.77. The van der Waals surface area contributed by atoms with Crippen LogP contribution in [-0.4, -0.2) is 30.6 Å². The minimum Gasteiger partial charge on any atom is -0.481 e. The van der Waals surface area contributed by atoms with Gasteiger partial charge >= 0.3 is 0 Å². The third-order valence-electron chi connectivity index (χ3n) is 7.43. The SMILES string of the molecule is C#CCOc1ccc2c(c1)C13CCCCC1C(C2)N(CC1CC1)CC3. The minimum absolute atomic E-state index is 0.368. The van der Waals surface area contributed by atoms with Crippen molar-refractivity contribution in [3.8, 4) is 18.1 Å². The van der Waals surface area contributed by atoms with Crippen molar-refractivity contribution in [3.05, 3.63) is 29.3 Å². The molecule has 0 N–H and O–H groups in total. The fourth-order valence-electron chi connectivity index (χ4n) is 6.14. The molecule has 132 valence electrons. The van der Waals surface area contributed by atoms with Crippen LogP contribution in [0.3, 0.4) is 0 Å². The molecular formula is C23H29NO. The standard InChI is InChI=1S/C23H29NO/c1-2-13-25-19-9-8-18-14-22-20-5-3-4-10-23(20,21(18)15-19)11-12-24(22)16-17-6-7-17/h1,8-9,15,17,20,22H,3-7,10-14,16H2. The van der Waals surface area contributed by atoms with Gasteiger partial charge in [0.1, 0.15) is 12.4 Å². The van der Waals surface area contributed by atoms with Crippen molar-refractivity contribution in [3.63, 3.8) is 0 Å². The second kappa shape index (κ2) is 6.06. The summed E-state index contributed by atoms with van der Waals surface area (Å²) in [5.41, 5.74) is 3.59. The summed E-state index contributed by atoms with van der Waals surface area (Å²) < 4.78 is 5.77. The van der Waals surface area contributed by atoms with Crippen LogP contribution < -0.4 is 4.74 Å². The number of hydrogen-bond donors (Lipinski definition) is 0. The van der Waals surface area contributed by atoms with Crippen molar-refractivity contribution in [1.82, 2.24) is 4.90 Å². The highest BCUT2D eigenvalue weighted by Crippen LogP contribution is 2.56. The Balaban J connectivity index is 1.52. The van der Waals surface area contributed by atoms with Gasteiger partial charge in [-0.15, -0.1) is 6.42 Å². The maximum Gasteiger partial charge on any atom is 0.148 e. The van der Waals surface area contributed by atoms with E-state index in [1.807, 2.05) is 0 Å². The molecule has 1 saturated heterocycles. The lowest BCUT2D eigenvalue weighted by molar-refractivity contribution is -0.0134. The summed E-state index contributed by atoms with van der Waals surface area (Å²) >= 11 is 0. The van der Waals surface area contributed by atoms with Crippen molar-refractivity contribution in [2.45, 2.75) is 62.8 Å². The first-order valence-electron chi connectivity index (χ1n) is 10.2. The molecule has 1 aromatic carbocycles. The lowest BCUT2D eigenvalue weighted by Crippen LogP contribution is -2.61. The van der Waals surface area contributed by atoms with E-state index in [-0.39, 0.29) is 0 Å². The molecule has 3 fully saturated rings. The Morgan fingerprint density at radius 3 is 2.96 bits per heavy atom. The second-order valence-corrected chi connectivity index (χ2v) is 8.78. The molecule has 0 radical (unpaired) electrons. The average molecular weight is 335 g/mol. The Bertz CT molecular complexity index is 701. The summed E-state index contributed by atoms with van der Waals surface area (Å²) in [6.45, 7) is 3.02. The van der Waals surface area contributed by atoms with Crippen molar-refractivity contribution in [2.75, 3.05) is 19.7 Å². The van der Waals surface area contributed by atoms with Crippen molar-refractivity contribution >= 4 is 0 Å². The molecule has 0 aromatic heterocycles. The number of terminal acetylenes is 1. The first kappa shape index (κ1) is 15.8. The molecule has 3 unspecified atom stereocenters. The van der Waals surface area contributed by atoms with Gasteiger partial charge in [-0.3, -0.25) is 4.90 Å². The number of rotatable bonds is 4. The van der Waals surface area contributed by atoms with Gasteiger partial charge in [-0.25, -0.2) is 0 Å². The number of ether oxygens (including phenoxy) is 1. The van der Waals surface area contributed by atoms with Crippen molar-refractivity contribution in [2.24, 2.45) is 11.8 Å². The van der Waals surface area contributed by atoms with E-state index >= 15 is 0 Å². The Morgan fingerprint density at radius 1 is 1.20 bits per heavy atom. The summed E-state index contributed by atoms with van der Waals surface area (Å²) in [7, 11) is 0.